The van der Waals surface area contributed by atoms with Gasteiger partial charge in [-0.1, -0.05) is 213 Å². The van der Waals surface area contributed by atoms with Crippen LogP contribution in [0.15, 0.2) is 122 Å². The van der Waals surface area contributed by atoms with Gasteiger partial charge in [0.15, 0.2) is 6.10 Å². The Kier molecular flexibility index (Phi) is 52.1. The van der Waals surface area contributed by atoms with Crippen molar-refractivity contribution in [1.82, 2.24) is 0 Å². The number of carbonyl (C=O) groups is 3. The van der Waals surface area contributed by atoms with Gasteiger partial charge in [0.1, 0.15) is 12.7 Å². The lowest BCUT2D eigenvalue weighted by atomic mass is 10.1. The number of unbranched alkanes of at least 4 members (excludes halogenated alkanes) is 14. The second-order valence-electron chi connectivity index (χ2n) is 18.3. The van der Waals surface area contributed by atoms with Gasteiger partial charge < -0.3 is 24.2 Å². The SMILES string of the molecule is CC/C=C\C/C=C\C/C=C\C/C=C\C/C=C\CCCCCC(=O)OC(COC(=O)CCC/C=C\C/C=C\C/C=C\C/C=C\C/C=C\CC)COP(=O)(O)OCC(CO)OC(=O)CCCCCCCCCCCCC. The molecule has 0 aliphatic rings. The normalized spacial score (nSPS) is 14.3. The first kappa shape index (κ1) is 69.9. The maximum absolute atomic E-state index is 12.9. The molecule has 0 amide bonds. The third-order valence-corrected chi connectivity index (χ3v) is 12.3. The fourth-order valence-corrected chi connectivity index (χ4v) is 7.91. The molecule has 11 nitrogen and oxygen atoms in total. The molecule has 74 heavy (non-hydrogen) atoms. The lowest BCUT2D eigenvalue weighted by Gasteiger charge is -2.21. The maximum Gasteiger partial charge on any atom is 0.472 e. The van der Waals surface area contributed by atoms with Crippen molar-refractivity contribution >= 4 is 25.7 Å². The van der Waals surface area contributed by atoms with Gasteiger partial charge in [0.05, 0.1) is 19.8 Å². The van der Waals surface area contributed by atoms with E-state index in [1.165, 1.54) is 44.9 Å². The highest BCUT2D eigenvalue weighted by molar-refractivity contribution is 7.47. The average molecular weight is 1050 g/mol. The molecule has 0 aliphatic carbocycles. The molecule has 2 N–H and O–H groups in total. The summed E-state index contributed by atoms with van der Waals surface area (Å²) in [6, 6.07) is 0. The van der Waals surface area contributed by atoms with Gasteiger partial charge in [-0.05, 0) is 103 Å². The molecule has 0 rings (SSSR count). The largest absolute Gasteiger partial charge is 0.472 e. The lowest BCUT2D eigenvalue weighted by Crippen LogP contribution is -2.30. The Morgan fingerprint density at radius 2 is 0.716 bits per heavy atom. The first-order valence-corrected chi connectivity index (χ1v) is 29.9. The van der Waals surface area contributed by atoms with Crippen LogP contribution in [0.2, 0.25) is 0 Å². The van der Waals surface area contributed by atoms with Gasteiger partial charge in [-0.25, -0.2) is 4.57 Å². The number of rotatable bonds is 51. The van der Waals surface area contributed by atoms with Crippen LogP contribution >= 0.6 is 7.82 Å². The maximum atomic E-state index is 12.9. The Hall–Kier alpha value is -4.12. The first-order chi connectivity index (χ1) is 36.2. The molecular weight excluding hydrogens is 952 g/mol. The molecule has 0 saturated carbocycles. The zero-order valence-corrected chi connectivity index (χ0v) is 47.2. The molecule has 0 aliphatic heterocycles. The quantitative estimate of drug-likeness (QED) is 0.0197. The smallest absolute Gasteiger partial charge is 0.462 e. The molecular formula is C62H101O11P. The topological polar surface area (TPSA) is 155 Å². The van der Waals surface area contributed by atoms with Gasteiger partial charge in [0.2, 0.25) is 0 Å². The summed E-state index contributed by atoms with van der Waals surface area (Å²) in [5.74, 6) is -1.59. The van der Waals surface area contributed by atoms with Crippen LogP contribution in [0.4, 0.5) is 0 Å². The zero-order valence-electron chi connectivity index (χ0n) is 46.3. The van der Waals surface area contributed by atoms with Crippen LogP contribution in [-0.2, 0) is 42.2 Å². The van der Waals surface area contributed by atoms with Crippen molar-refractivity contribution in [2.75, 3.05) is 26.4 Å². The highest BCUT2D eigenvalue weighted by Crippen LogP contribution is 2.43. The molecule has 0 aromatic rings. The zero-order chi connectivity index (χ0) is 54.1. The molecule has 0 fully saturated rings. The van der Waals surface area contributed by atoms with E-state index >= 15 is 0 Å². The minimum Gasteiger partial charge on any atom is -0.462 e. The molecule has 0 aromatic heterocycles. The molecule has 420 valence electrons. The monoisotopic (exact) mass is 1050 g/mol. The second-order valence-corrected chi connectivity index (χ2v) is 19.8. The minimum absolute atomic E-state index is 0.111. The van der Waals surface area contributed by atoms with Crippen LogP contribution in [0.25, 0.3) is 0 Å². The van der Waals surface area contributed by atoms with Crippen molar-refractivity contribution in [3.05, 3.63) is 122 Å². The second kappa shape index (κ2) is 55.1. The number of phosphoric acid groups is 1. The number of hydrogen-bond donors (Lipinski definition) is 2. The molecule has 12 heteroatoms. The number of allylic oxidation sites excluding steroid dienone is 20. The molecule has 0 heterocycles. The third kappa shape index (κ3) is 52.7. The van der Waals surface area contributed by atoms with E-state index in [0.29, 0.717) is 25.7 Å². The van der Waals surface area contributed by atoms with Gasteiger partial charge in [-0.2, -0.15) is 0 Å². The van der Waals surface area contributed by atoms with Crippen molar-refractivity contribution in [2.45, 2.75) is 226 Å². The molecule has 0 aromatic carbocycles. The number of carbonyl (C=O) groups excluding carboxylic acids is 3. The Balaban J connectivity index is 4.90. The lowest BCUT2D eigenvalue weighted by molar-refractivity contribution is -0.161. The van der Waals surface area contributed by atoms with Crippen LogP contribution in [0.3, 0.4) is 0 Å². The fraction of sp³-hybridized carbons (Fsp3) is 0.629. The van der Waals surface area contributed by atoms with Gasteiger partial charge >= 0.3 is 25.7 Å². The fourth-order valence-electron chi connectivity index (χ4n) is 7.12. The van der Waals surface area contributed by atoms with Gasteiger partial charge in [0, 0.05) is 19.3 Å². The Morgan fingerprint density at radius 3 is 1.12 bits per heavy atom. The summed E-state index contributed by atoms with van der Waals surface area (Å²) in [5, 5.41) is 9.79. The number of phosphoric ester groups is 1. The van der Waals surface area contributed by atoms with Crippen molar-refractivity contribution < 1.29 is 52.2 Å². The van der Waals surface area contributed by atoms with E-state index in [4.69, 9.17) is 23.3 Å². The first-order valence-electron chi connectivity index (χ1n) is 28.4. The van der Waals surface area contributed by atoms with E-state index in [9.17, 15) is 28.9 Å². The molecule has 3 unspecified atom stereocenters. The number of ether oxygens (including phenoxy) is 3. The standard InChI is InChI=1S/C62H101O11P/c1-4-7-10-13-16-19-22-24-26-28-29-31-33-35-38-41-44-47-50-53-62(66)73-59(55-69-60(64)51-48-45-42-39-37-34-32-30-27-25-23-20-17-14-11-8-5-2)57-71-74(67,68)70-56-58(54-63)72-61(65)52-49-46-43-40-36-21-18-15-12-9-6-3/h7-8,10-11,16-17,19-20,24-27,29,31-32,34-35,38-39,42,58-59,63H,4-6,9,12-15,18,21-23,28,30,33,36-37,40-41,43-57H2,1-3H3,(H,67,68)/b10-7-,11-8-,19-16-,20-17-,26-24-,27-25-,31-29-,34-32-,38-35-,42-39-. The Labute approximate surface area is 449 Å². The van der Waals surface area contributed by atoms with E-state index in [0.717, 1.165) is 103 Å². The van der Waals surface area contributed by atoms with Crippen molar-refractivity contribution in [2.24, 2.45) is 0 Å². The summed E-state index contributed by atoms with van der Waals surface area (Å²) >= 11 is 0. The van der Waals surface area contributed by atoms with E-state index in [1.54, 1.807) is 0 Å². The van der Waals surface area contributed by atoms with E-state index in [1.807, 2.05) is 6.08 Å². The highest BCUT2D eigenvalue weighted by atomic mass is 31.2. The predicted molar refractivity (Wildman–Crippen MR) is 306 cm³/mol. The summed E-state index contributed by atoms with van der Waals surface area (Å²) in [7, 11) is -4.77. The van der Waals surface area contributed by atoms with Gasteiger partial charge in [-0.3, -0.25) is 23.4 Å². The molecule has 3 atom stereocenters. The van der Waals surface area contributed by atoms with Crippen molar-refractivity contribution in [3.8, 4) is 0 Å². The van der Waals surface area contributed by atoms with Crippen LogP contribution < -0.4 is 0 Å². The van der Waals surface area contributed by atoms with Crippen LogP contribution in [0.5, 0.6) is 0 Å². The number of esters is 3. The van der Waals surface area contributed by atoms with E-state index in [-0.39, 0.29) is 25.9 Å². The summed E-state index contributed by atoms with van der Waals surface area (Å²) in [6.07, 6.45) is 67.4. The predicted octanol–water partition coefficient (Wildman–Crippen LogP) is 16.8. The van der Waals surface area contributed by atoms with E-state index < -0.39 is 57.8 Å². The van der Waals surface area contributed by atoms with Crippen LogP contribution in [0.1, 0.15) is 213 Å². The molecule has 0 saturated heterocycles. The number of aliphatic hydroxyl groups excluding tert-OH is 1. The minimum atomic E-state index is -4.77. The average Bonchev–Trinajstić information content (AvgIpc) is 3.39. The number of hydrogen-bond acceptors (Lipinski definition) is 10. The van der Waals surface area contributed by atoms with Crippen LogP contribution in [-0.4, -0.2) is 66.5 Å². The summed E-state index contributed by atoms with van der Waals surface area (Å²) < 4.78 is 39.4. The van der Waals surface area contributed by atoms with Gasteiger partial charge in [0.25, 0.3) is 0 Å². The third-order valence-electron chi connectivity index (χ3n) is 11.4. The van der Waals surface area contributed by atoms with Gasteiger partial charge in [-0.15, -0.1) is 0 Å². The summed E-state index contributed by atoms with van der Waals surface area (Å²) in [5.41, 5.74) is 0. The molecule has 0 bridgehead atoms. The molecule has 0 spiro atoms. The van der Waals surface area contributed by atoms with Crippen LogP contribution in [0, 0.1) is 0 Å². The highest BCUT2D eigenvalue weighted by Gasteiger charge is 2.28. The summed E-state index contributed by atoms with van der Waals surface area (Å²) in [6.45, 7) is 4.29. The Bertz CT molecular complexity index is 1700. The Morgan fingerprint density at radius 1 is 0.392 bits per heavy atom. The van der Waals surface area contributed by atoms with Crippen molar-refractivity contribution in [3.63, 3.8) is 0 Å². The molecule has 0 radical (unpaired) electrons. The van der Waals surface area contributed by atoms with E-state index in [2.05, 4.69) is 136 Å². The number of aliphatic hydroxyl groups is 1. The van der Waals surface area contributed by atoms with Crippen molar-refractivity contribution in [1.29, 1.82) is 0 Å². The summed E-state index contributed by atoms with van der Waals surface area (Å²) in [4.78, 5) is 48.5.